The van der Waals surface area contributed by atoms with E-state index in [2.05, 4.69) is 52.3 Å². The number of halogens is 1. The summed E-state index contributed by atoms with van der Waals surface area (Å²) in [5.74, 6) is 0.698. The molecule has 3 aromatic rings. The quantitative estimate of drug-likeness (QED) is 0.716. The van der Waals surface area contributed by atoms with Gasteiger partial charge in [-0.1, -0.05) is 35.9 Å². The fraction of sp³-hybridized carbons (Fsp3) is 0.333. The van der Waals surface area contributed by atoms with Crippen LogP contribution in [0.2, 0.25) is 5.02 Å². The van der Waals surface area contributed by atoms with Crippen LogP contribution in [0.15, 0.2) is 48.7 Å². The first kappa shape index (κ1) is 16.6. The fourth-order valence-electron chi connectivity index (χ4n) is 3.83. The van der Waals surface area contributed by atoms with Crippen LogP contribution in [-0.4, -0.2) is 29.5 Å². The Hall–Kier alpha value is -1.81. The predicted molar refractivity (Wildman–Crippen MR) is 106 cm³/mol. The van der Waals surface area contributed by atoms with Crippen molar-refractivity contribution in [1.29, 1.82) is 0 Å². The molecule has 3 N–H and O–H groups in total. The molecule has 0 atom stereocenters. The molecule has 1 aliphatic rings. The summed E-state index contributed by atoms with van der Waals surface area (Å²) in [4.78, 5) is 5.77. The molecule has 25 heavy (non-hydrogen) atoms. The van der Waals surface area contributed by atoms with Crippen molar-refractivity contribution in [3.05, 3.63) is 59.2 Å². The summed E-state index contributed by atoms with van der Waals surface area (Å²) < 4.78 is 0. The number of aromatic nitrogens is 1. The lowest BCUT2D eigenvalue weighted by atomic mass is 9.96. The van der Waals surface area contributed by atoms with Crippen molar-refractivity contribution < 1.29 is 0 Å². The van der Waals surface area contributed by atoms with Crippen molar-refractivity contribution in [2.45, 2.75) is 19.4 Å². The SMILES string of the molecule is NCC1CCN(Cc2ccc(-c3cccc4[nH]ccc34)c(Cl)c2)CC1. The van der Waals surface area contributed by atoms with E-state index in [1.54, 1.807) is 0 Å². The molecule has 3 nitrogen and oxygen atoms in total. The number of fused-ring (bicyclic) bond motifs is 1. The van der Waals surface area contributed by atoms with Gasteiger partial charge in [-0.25, -0.2) is 0 Å². The summed E-state index contributed by atoms with van der Waals surface area (Å²) in [6.07, 6.45) is 4.39. The third-order valence-electron chi connectivity index (χ3n) is 5.37. The lowest BCUT2D eigenvalue weighted by molar-refractivity contribution is 0.180. The zero-order chi connectivity index (χ0) is 17.2. The van der Waals surface area contributed by atoms with Crippen LogP contribution in [0.5, 0.6) is 0 Å². The second-order valence-electron chi connectivity index (χ2n) is 7.01. The van der Waals surface area contributed by atoms with E-state index in [0.717, 1.165) is 42.3 Å². The van der Waals surface area contributed by atoms with Gasteiger partial charge < -0.3 is 10.7 Å². The monoisotopic (exact) mass is 353 g/mol. The molecule has 0 aliphatic carbocycles. The number of piperidine rings is 1. The highest BCUT2D eigenvalue weighted by Gasteiger charge is 2.18. The van der Waals surface area contributed by atoms with Gasteiger partial charge in [0.05, 0.1) is 0 Å². The van der Waals surface area contributed by atoms with Crippen LogP contribution in [0, 0.1) is 5.92 Å². The summed E-state index contributed by atoms with van der Waals surface area (Å²) in [5.41, 5.74) is 10.5. The maximum Gasteiger partial charge on any atom is 0.0487 e. The van der Waals surface area contributed by atoms with Crippen LogP contribution in [0.4, 0.5) is 0 Å². The fourth-order valence-corrected chi connectivity index (χ4v) is 4.14. The first-order chi connectivity index (χ1) is 12.2. The Balaban J connectivity index is 1.54. The number of likely N-dealkylation sites (tertiary alicyclic amines) is 1. The van der Waals surface area contributed by atoms with Crippen molar-refractivity contribution in [3.63, 3.8) is 0 Å². The van der Waals surface area contributed by atoms with Crippen LogP contribution in [0.25, 0.3) is 22.0 Å². The highest BCUT2D eigenvalue weighted by atomic mass is 35.5. The van der Waals surface area contributed by atoms with Crippen LogP contribution in [0.1, 0.15) is 18.4 Å². The van der Waals surface area contributed by atoms with Gasteiger partial charge in [0.15, 0.2) is 0 Å². The van der Waals surface area contributed by atoms with Gasteiger partial charge in [-0.3, -0.25) is 4.90 Å². The first-order valence-corrected chi connectivity index (χ1v) is 9.39. The molecule has 1 saturated heterocycles. The van der Waals surface area contributed by atoms with Gasteiger partial charge in [0.25, 0.3) is 0 Å². The van der Waals surface area contributed by atoms with E-state index >= 15 is 0 Å². The second kappa shape index (κ2) is 7.20. The number of nitrogens with zero attached hydrogens (tertiary/aromatic N) is 1. The van der Waals surface area contributed by atoms with Crippen molar-refractivity contribution in [2.75, 3.05) is 19.6 Å². The Labute approximate surface area is 153 Å². The smallest absolute Gasteiger partial charge is 0.0487 e. The largest absolute Gasteiger partial charge is 0.361 e. The first-order valence-electron chi connectivity index (χ1n) is 9.02. The predicted octanol–water partition coefficient (Wildman–Crippen LogP) is 4.66. The van der Waals surface area contributed by atoms with Crippen molar-refractivity contribution in [2.24, 2.45) is 11.7 Å². The standard InChI is InChI=1S/C21H24ClN3/c22-20-12-16(14-25-10-7-15(13-23)8-11-25)4-5-18(20)17-2-1-3-21-19(17)6-9-24-21/h1-6,9,12,15,24H,7-8,10-11,13-14,23H2. The third kappa shape index (κ3) is 3.45. The minimum Gasteiger partial charge on any atom is -0.361 e. The summed E-state index contributed by atoms with van der Waals surface area (Å²) in [6.45, 7) is 4.04. The minimum atomic E-state index is 0.698. The zero-order valence-electron chi connectivity index (χ0n) is 14.3. The van der Waals surface area contributed by atoms with Crippen molar-refractivity contribution >= 4 is 22.5 Å². The van der Waals surface area contributed by atoms with Crippen LogP contribution < -0.4 is 5.73 Å². The molecule has 0 amide bonds. The number of hydrogen-bond acceptors (Lipinski definition) is 2. The molecule has 1 aliphatic heterocycles. The highest BCUT2D eigenvalue weighted by molar-refractivity contribution is 6.33. The second-order valence-corrected chi connectivity index (χ2v) is 7.42. The summed E-state index contributed by atoms with van der Waals surface area (Å²) in [6, 6.07) is 14.9. The number of nitrogens with two attached hydrogens (primary N) is 1. The third-order valence-corrected chi connectivity index (χ3v) is 5.68. The highest BCUT2D eigenvalue weighted by Crippen LogP contribution is 2.34. The molecule has 0 bridgehead atoms. The molecule has 4 heteroatoms. The van der Waals surface area contributed by atoms with Gasteiger partial charge >= 0.3 is 0 Å². The lowest BCUT2D eigenvalue weighted by Gasteiger charge is -2.31. The Kier molecular flexibility index (Phi) is 4.80. The molecule has 2 heterocycles. The molecular formula is C21H24ClN3. The maximum atomic E-state index is 6.65. The molecule has 0 radical (unpaired) electrons. The van der Waals surface area contributed by atoms with Crippen LogP contribution in [0.3, 0.4) is 0 Å². The van der Waals surface area contributed by atoms with E-state index in [0.29, 0.717) is 5.92 Å². The van der Waals surface area contributed by atoms with Crippen molar-refractivity contribution in [3.8, 4) is 11.1 Å². The molecule has 0 saturated carbocycles. The average molecular weight is 354 g/mol. The van der Waals surface area contributed by atoms with Gasteiger partial charge in [-0.2, -0.15) is 0 Å². The molecule has 1 aromatic heterocycles. The van der Waals surface area contributed by atoms with E-state index in [9.17, 15) is 0 Å². The van der Waals surface area contributed by atoms with Gasteiger partial charge in [0.1, 0.15) is 0 Å². The summed E-state index contributed by atoms with van der Waals surface area (Å²) in [7, 11) is 0. The lowest BCUT2D eigenvalue weighted by Crippen LogP contribution is -2.35. The number of benzene rings is 2. The number of H-pyrrole nitrogens is 1. The Morgan fingerprint density at radius 1 is 1.08 bits per heavy atom. The average Bonchev–Trinajstić information content (AvgIpc) is 3.11. The molecule has 2 aromatic carbocycles. The van der Waals surface area contributed by atoms with Gasteiger partial charge in [-0.05, 0) is 67.7 Å². The van der Waals surface area contributed by atoms with E-state index in [1.165, 1.54) is 29.4 Å². The van der Waals surface area contributed by atoms with E-state index < -0.39 is 0 Å². The number of aromatic amines is 1. The number of nitrogens with one attached hydrogen (secondary N) is 1. The molecular weight excluding hydrogens is 330 g/mol. The number of hydrogen-bond donors (Lipinski definition) is 2. The molecule has 0 unspecified atom stereocenters. The minimum absolute atomic E-state index is 0.698. The van der Waals surface area contributed by atoms with Gasteiger partial charge in [0, 0.05) is 34.2 Å². The molecule has 1 fully saturated rings. The molecule has 4 rings (SSSR count). The Morgan fingerprint density at radius 2 is 1.92 bits per heavy atom. The summed E-state index contributed by atoms with van der Waals surface area (Å²) >= 11 is 6.65. The topological polar surface area (TPSA) is 45.0 Å². The van der Waals surface area contributed by atoms with E-state index in [-0.39, 0.29) is 0 Å². The van der Waals surface area contributed by atoms with Crippen molar-refractivity contribution in [1.82, 2.24) is 9.88 Å². The van der Waals surface area contributed by atoms with Gasteiger partial charge in [-0.15, -0.1) is 0 Å². The number of rotatable bonds is 4. The normalized spacial score (nSPS) is 16.6. The van der Waals surface area contributed by atoms with Crippen LogP contribution >= 0.6 is 11.6 Å². The van der Waals surface area contributed by atoms with Crippen LogP contribution in [-0.2, 0) is 6.54 Å². The van der Waals surface area contributed by atoms with E-state index in [4.69, 9.17) is 17.3 Å². The van der Waals surface area contributed by atoms with Gasteiger partial charge in [0.2, 0.25) is 0 Å². The van der Waals surface area contributed by atoms with E-state index in [1.807, 2.05) is 6.20 Å². The Bertz CT molecular complexity index is 862. The molecule has 130 valence electrons. The maximum absolute atomic E-state index is 6.65. The summed E-state index contributed by atoms with van der Waals surface area (Å²) in [5, 5.41) is 2.03. The Morgan fingerprint density at radius 3 is 2.68 bits per heavy atom. The molecule has 0 spiro atoms. The zero-order valence-corrected chi connectivity index (χ0v) is 15.1.